The van der Waals surface area contributed by atoms with Gasteiger partial charge in [-0.2, -0.15) is 0 Å². The number of hydrogen-bond donors (Lipinski definition) is 0. The summed E-state index contributed by atoms with van der Waals surface area (Å²) in [7, 11) is 0. The SMILES string of the molecule is CCCCOc1ccc(C(=O)Oc2ccc(C(=O)Oc3ccc4ccc(OC(=O)c5ccc(OC(=O)c6ccc(OCCCC)c(F)c6)cc5)cc4c3)cc2)cc1F. The van der Waals surface area contributed by atoms with E-state index in [-0.39, 0.29) is 56.8 Å². The van der Waals surface area contributed by atoms with Crippen molar-refractivity contribution in [2.75, 3.05) is 13.2 Å². The van der Waals surface area contributed by atoms with Crippen molar-refractivity contribution in [1.29, 1.82) is 0 Å². The van der Waals surface area contributed by atoms with Crippen LogP contribution in [0.5, 0.6) is 34.5 Å². The molecule has 0 aromatic heterocycles. The van der Waals surface area contributed by atoms with Gasteiger partial charge in [0.25, 0.3) is 0 Å². The van der Waals surface area contributed by atoms with Gasteiger partial charge in [0.05, 0.1) is 35.5 Å². The zero-order valence-corrected chi connectivity index (χ0v) is 31.6. The molecule has 0 spiro atoms. The van der Waals surface area contributed by atoms with E-state index in [1.807, 2.05) is 13.8 Å². The van der Waals surface area contributed by atoms with E-state index in [9.17, 15) is 28.0 Å². The molecule has 12 heteroatoms. The van der Waals surface area contributed by atoms with E-state index in [2.05, 4.69) is 0 Å². The molecule has 0 atom stereocenters. The fraction of sp³-hybridized carbons (Fsp3) is 0.174. The van der Waals surface area contributed by atoms with Gasteiger partial charge in [0.2, 0.25) is 0 Å². The second kappa shape index (κ2) is 19.2. The minimum absolute atomic E-state index is 0.000693. The zero-order valence-electron chi connectivity index (χ0n) is 31.6. The molecule has 0 saturated carbocycles. The molecule has 6 aromatic rings. The van der Waals surface area contributed by atoms with Gasteiger partial charge in [-0.3, -0.25) is 0 Å². The Morgan fingerprint density at radius 2 is 0.759 bits per heavy atom. The third kappa shape index (κ3) is 10.6. The van der Waals surface area contributed by atoms with Crippen LogP contribution in [0.15, 0.2) is 121 Å². The number of benzene rings is 6. The Hall–Kier alpha value is -7.08. The first-order chi connectivity index (χ1) is 28.1. The van der Waals surface area contributed by atoms with E-state index < -0.39 is 35.5 Å². The standard InChI is InChI=1S/C46H38F2O10/c1-3-5-23-53-41-21-13-32(27-39(41)47)45(51)55-35-15-9-30(10-16-35)43(49)57-37-19-7-29-8-20-38(26-34(29)25-37)58-44(50)31-11-17-36(18-12-31)56-46(52)33-14-22-42(40(48)28-33)54-24-6-4-2/h7-22,25-28H,3-6,23-24H2,1-2H3. The molecule has 0 saturated heterocycles. The molecule has 0 unspecified atom stereocenters. The maximum atomic E-state index is 14.4. The van der Waals surface area contributed by atoms with Gasteiger partial charge in [-0.1, -0.05) is 38.8 Å². The Bertz CT molecular complexity index is 2260. The number of carbonyl (C=O) groups excluding carboxylic acids is 4. The van der Waals surface area contributed by atoms with Crippen LogP contribution in [0, 0.1) is 11.6 Å². The molecule has 0 amide bonds. The first-order valence-electron chi connectivity index (χ1n) is 18.6. The van der Waals surface area contributed by atoms with Crippen molar-refractivity contribution in [1.82, 2.24) is 0 Å². The summed E-state index contributed by atoms with van der Waals surface area (Å²) in [5.74, 6) is -3.41. The van der Waals surface area contributed by atoms with Crippen molar-refractivity contribution >= 4 is 34.6 Å². The Balaban J connectivity index is 1.02. The summed E-state index contributed by atoms with van der Waals surface area (Å²) in [6.45, 7) is 4.72. The van der Waals surface area contributed by atoms with E-state index in [1.165, 1.54) is 72.8 Å². The van der Waals surface area contributed by atoms with Crippen LogP contribution in [0.4, 0.5) is 8.78 Å². The number of rotatable bonds is 16. The summed E-state index contributed by atoms with van der Waals surface area (Å²) < 4.78 is 61.4. The van der Waals surface area contributed by atoms with Crippen LogP contribution >= 0.6 is 0 Å². The summed E-state index contributed by atoms with van der Waals surface area (Å²) in [4.78, 5) is 51.1. The number of carbonyl (C=O) groups is 4. The van der Waals surface area contributed by atoms with Crippen molar-refractivity contribution in [3.63, 3.8) is 0 Å². The first kappa shape index (κ1) is 40.6. The smallest absolute Gasteiger partial charge is 0.343 e. The monoisotopic (exact) mass is 788 g/mol. The van der Waals surface area contributed by atoms with Gasteiger partial charge in [0, 0.05) is 0 Å². The fourth-order valence-corrected chi connectivity index (χ4v) is 5.45. The molecule has 0 aliphatic carbocycles. The van der Waals surface area contributed by atoms with Crippen molar-refractivity contribution < 1.29 is 56.4 Å². The minimum Gasteiger partial charge on any atom is -0.491 e. The molecule has 296 valence electrons. The van der Waals surface area contributed by atoms with Gasteiger partial charge in [-0.25, -0.2) is 28.0 Å². The summed E-state index contributed by atoms with van der Waals surface area (Å²) in [6, 6.07) is 29.0. The average Bonchev–Trinajstić information content (AvgIpc) is 3.22. The predicted molar refractivity (Wildman–Crippen MR) is 210 cm³/mol. The quantitative estimate of drug-likeness (QED) is 0.0532. The molecule has 0 bridgehead atoms. The normalized spacial score (nSPS) is 10.8. The molecule has 6 aromatic carbocycles. The summed E-state index contributed by atoms with van der Waals surface area (Å²) in [5, 5.41) is 1.41. The minimum atomic E-state index is -0.780. The van der Waals surface area contributed by atoms with Crippen molar-refractivity contribution in [3.05, 3.63) is 155 Å². The van der Waals surface area contributed by atoms with E-state index >= 15 is 0 Å². The lowest BCUT2D eigenvalue weighted by Gasteiger charge is -2.10. The van der Waals surface area contributed by atoms with Crippen LogP contribution in [-0.4, -0.2) is 37.1 Å². The van der Waals surface area contributed by atoms with Crippen LogP contribution in [0.1, 0.15) is 81.0 Å². The van der Waals surface area contributed by atoms with Crippen LogP contribution in [0.3, 0.4) is 0 Å². The molecule has 0 fully saturated rings. The molecule has 58 heavy (non-hydrogen) atoms. The summed E-state index contributed by atoms with van der Waals surface area (Å²) >= 11 is 0. The number of halogens is 2. The summed E-state index contributed by atoms with van der Waals surface area (Å²) in [6.07, 6.45) is 3.35. The molecule has 10 nitrogen and oxygen atoms in total. The molecule has 0 radical (unpaired) electrons. The van der Waals surface area contributed by atoms with Crippen LogP contribution < -0.4 is 28.4 Å². The predicted octanol–water partition coefficient (Wildman–Crippen LogP) is 10.4. The van der Waals surface area contributed by atoms with Crippen molar-refractivity contribution in [2.24, 2.45) is 0 Å². The molecule has 0 aliphatic heterocycles. The number of unbranched alkanes of at least 4 members (excludes halogenated alkanes) is 2. The Labute approximate surface area is 332 Å². The van der Waals surface area contributed by atoms with Gasteiger partial charge in [0.15, 0.2) is 23.1 Å². The lowest BCUT2D eigenvalue weighted by Crippen LogP contribution is -2.11. The van der Waals surface area contributed by atoms with Crippen molar-refractivity contribution in [2.45, 2.75) is 39.5 Å². The number of hydrogen-bond acceptors (Lipinski definition) is 10. The lowest BCUT2D eigenvalue weighted by atomic mass is 10.1. The van der Waals surface area contributed by atoms with Crippen LogP contribution in [0.25, 0.3) is 10.8 Å². The van der Waals surface area contributed by atoms with Gasteiger partial charge < -0.3 is 28.4 Å². The van der Waals surface area contributed by atoms with Crippen LogP contribution in [-0.2, 0) is 0 Å². The highest BCUT2D eigenvalue weighted by Gasteiger charge is 2.17. The maximum absolute atomic E-state index is 14.4. The number of esters is 4. The molecular weight excluding hydrogens is 750 g/mol. The Kier molecular flexibility index (Phi) is 13.4. The van der Waals surface area contributed by atoms with E-state index in [1.54, 1.807) is 36.4 Å². The number of ether oxygens (including phenoxy) is 6. The summed E-state index contributed by atoms with van der Waals surface area (Å²) in [5.41, 5.74) is 0.358. The van der Waals surface area contributed by atoms with Crippen LogP contribution in [0.2, 0.25) is 0 Å². The van der Waals surface area contributed by atoms with Gasteiger partial charge in [0.1, 0.15) is 23.0 Å². The van der Waals surface area contributed by atoms with E-state index in [4.69, 9.17) is 28.4 Å². The molecule has 0 N–H and O–H groups in total. The van der Waals surface area contributed by atoms with Crippen molar-refractivity contribution in [3.8, 4) is 34.5 Å². The third-order valence-corrected chi connectivity index (χ3v) is 8.65. The molecule has 0 heterocycles. The maximum Gasteiger partial charge on any atom is 0.343 e. The second-order valence-corrected chi connectivity index (χ2v) is 13.0. The highest BCUT2D eigenvalue weighted by Crippen LogP contribution is 2.28. The van der Waals surface area contributed by atoms with Gasteiger partial charge in [-0.05, 0) is 133 Å². The lowest BCUT2D eigenvalue weighted by molar-refractivity contribution is 0.0720. The zero-order chi connectivity index (χ0) is 41.0. The van der Waals surface area contributed by atoms with Gasteiger partial charge in [-0.15, -0.1) is 0 Å². The fourth-order valence-electron chi connectivity index (χ4n) is 5.45. The Morgan fingerprint density at radius 1 is 0.414 bits per heavy atom. The Morgan fingerprint density at radius 3 is 1.14 bits per heavy atom. The van der Waals surface area contributed by atoms with Gasteiger partial charge >= 0.3 is 23.9 Å². The molecular formula is C46H38F2O10. The third-order valence-electron chi connectivity index (χ3n) is 8.65. The topological polar surface area (TPSA) is 124 Å². The van der Waals surface area contributed by atoms with E-state index in [0.717, 1.165) is 43.2 Å². The number of fused-ring (bicyclic) bond motifs is 1. The highest BCUT2D eigenvalue weighted by molar-refractivity contribution is 5.95. The highest BCUT2D eigenvalue weighted by atomic mass is 19.1. The first-order valence-corrected chi connectivity index (χ1v) is 18.6. The second-order valence-electron chi connectivity index (χ2n) is 13.0. The average molecular weight is 789 g/mol. The largest absolute Gasteiger partial charge is 0.491 e. The van der Waals surface area contributed by atoms with E-state index in [0.29, 0.717) is 18.6 Å². The molecule has 6 rings (SSSR count). The molecule has 0 aliphatic rings.